The molecule has 0 aliphatic heterocycles. The second-order valence-corrected chi connectivity index (χ2v) is 5.50. The summed E-state index contributed by atoms with van der Waals surface area (Å²) in [6, 6.07) is 18.2. The number of ether oxygens (including phenoxy) is 1. The molecule has 1 fully saturated rings. The molecule has 0 amide bonds. The van der Waals surface area contributed by atoms with Crippen LogP contribution in [0, 0.1) is 5.92 Å². The zero-order chi connectivity index (χ0) is 13.9. The van der Waals surface area contributed by atoms with Crippen LogP contribution in [0.5, 0.6) is 11.5 Å². The molecule has 1 atom stereocenters. The topological polar surface area (TPSA) is 61.3 Å². The third-order valence-corrected chi connectivity index (χ3v) is 3.96. The van der Waals surface area contributed by atoms with Crippen LogP contribution in [0.25, 0.3) is 0 Å². The fraction of sp³-hybridized carbons (Fsp3) is 0.294. The molecule has 0 spiro atoms. The lowest BCUT2D eigenvalue weighted by molar-refractivity contribution is 0.224. The average molecular weight is 268 g/mol. The van der Waals surface area contributed by atoms with Crippen molar-refractivity contribution in [3.8, 4) is 11.5 Å². The number of nitrogens with two attached hydrogens (primary N) is 2. The molecule has 0 saturated heterocycles. The Hall–Kier alpha value is -1.84. The average Bonchev–Trinajstić information content (AvgIpc) is 2.45. The molecular weight excluding hydrogens is 248 g/mol. The lowest BCUT2D eigenvalue weighted by Crippen LogP contribution is -2.41. The SMILES string of the molecule is NC1CC(C(N)c2ccc(Oc3ccccc3)cc2)C1. The van der Waals surface area contributed by atoms with Gasteiger partial charge in [0, 0.05) is 12.1 Å². The van der Waals surface area contributed by atoms with Gasteiger partial charge in [0.2, 0.25) is 0 Å². The van der Waals surface area contributed by atoms with Crippen LogP contribution in [0.1, 0.15) is 24.4 Å². The Kier molecular flexibility index (Phi) is 3.72. The minimum absolute atomic E-state index is 0.0839. The van der Waals surface area contributed by atoms with Gasteiger partial charge in [-0.1, -0.05) is 30.3 Å². The van der Waals surface area contributed by atoms with E-state index in [0.29, 0.717) is 12.0 Å². The minimum atomic E-state index is 0.0839. The quantitative estimate of drug-likeness (QED) is 0.895. The molecular formula is C17H20N2O. The minimum Gasteiger partial charge on any atom is -0.457 e. The molecule has 1 aliphatic carbocycles. The predicted octanol–water partition coefficient (Wildman–Crippen LogP) is 3.22. The van der Waals surface area contributed by atoms with Gasteiger partial charge in [-0.2, -0.15) is 0 Å². The lowest BCUT2D eigenvalue weighted by Gasteiger charge is -2.36. The van der Waals surface area contributed by atoms with Crippen molar-refractivity contribution in [2.45, 2.75) is 24.9 Å². The van der Waals surface area contributed by atoms with Gasteiger partial charge in [0.15, 0.2) is 0 Å². The van der Waals surface area contributed by atoms with E-state index in [4.69, 9.17) is 16.2 Å². The first-order chi connectivity index (χ1) is 9.72. The summed E-state index contributed by atoms with van der Waals surface area (Å²) in [5.41, 5.74) is 13.2. The lowest BCUT2D eigenvalue weighted by atomic mass is 9.74. The van der Waals surface area contributed by atoms with E-state index in [1.807, 2.05) is 54.6 Å². The first-order valence-electron chi connectivity index (χ1n) is 7.06. The highest BCUT2D eigenvalue weighted by atomic mass is 16.5. The summed E-state index contributed by atoms with van der Waals surface area (Å²) in [4.78, 5) is 0. The van der Waals surface area contributed by atoms with E-state index < -0.39 is 0 Å². The molecule has 0 radical (unpaired) electrons. The van der Waals surface area contributed by atoms with Gasteiger partial charge in [-0.05, 0) is 48.6 Å². The Morgan fingerprint density at radius 1 is 0.900 bits per heavy atom. The zero-order valence-corrected chi connectivity index (χ0v) is 11.4. The first kappa shape index (κ1) is 13.2. The third kappa shape index (κ3) is 2.84. The number of rotatable bonds is 4. The number of para-hydroxylation sites is 1. The summed E-state index contributed by atoms with van der Waals surface area (Å²) in [6.45, 7) is 0. The summed E-state index contributed by atoms with van der Waals surface area (Å²) in [5, 5.41) is 0. The molecule has 4 N–H and O–H groups in total. The molecule has 0 heterocycles. The fourth-order valence-electron chi connectivity index (χ4n) is 2.66. The Balaban J connectivity index is 1.65. The van der Waals surface area contributed by atoms with Crippen molar-refractivity contribution < 1.29 is 4.74 Å². The van der Waals surface area contributed by atoms with E-state index in [1.165, 1.54) is 0 Å². The Morgan fingerprint density at radius 3 is 2.10 bits per heavy atom. The van der Waals surface area contributed by atoms with E-state index in [-0.39, 0.29) is 6.04 Å². The number of hydrogen-bond acceptors (Lipinski definition) is 3. The van der Waals surface area contributed by atoms with Gasteiger partial charge < -0.3 is 16.2 Å². The molecule has 2 aromatic rings. The van der Waals surface area contributed by atoms with Crippen LogP contribution in [-0.2, 0) is 0 Å². The van der Waals surface area contributed by atoms with Crippen LogP contribution in [-0.4, -0.2) is 6.04 Å². The van der Waals surface area contributed by atoms with Crippen LogP contribution in [0.15, 0.2) is 54.6 Å². The highest BCUT2D eigenvalue weighted by Gasteiger charge is 2.31. The van der Waals surface area contributed by atoms with Crippen molar-refractivity contribution in [1.29, 1.82) is 0 Å². The van der Waals surface area contributed by atoms with E-state index in [0.717, 1.165) is 29.9 Å². The molecule has 1 unspecified atom stereocenters. The summed E-state index contributed by atoms with van der Waals surface area (Å²) >= 11 is 0. The predicted molar refractivity (Wildman–Crippen MR) is 80.6 cm³/mol. The Morgan fingerprint density at radius 2 is 1.50 bits per heavy atom. The smallest absolute Gasteiger partial charge is 0.127 e. The van der Waals surface area contributed by atoms with Crippen LogP contribution in [0.3, 0.4) is 0 Å². The molecule has 20 heavy (non-hydrogen) atoms. The van der Waals surface area contributed by atoms with Crippen molar-refractivity contribution >= 4 is 0 Å². The van der Waals surface area contributed by atoms with E-state index in [2.05, 4.69) is 0 Å². The molecule has 0 aromatic heterocycles. The largest absolute Gasteiger partial charge is 0.457 e. The Labute approximate surface area is 119 Å². The van der Waals surface area contributed by atoms with Gasteiger partial charge in [0.25, 0.3) is 0 Å². The first-order valence-corrected chi connectivity index (χ1v) is 7.06. The van der Waals surface area contributed by atoms with Crippen LogP contribution in [0.4, 0.5) is 0 Å². The molecule has 1 saturated carbocycles. The summed E-state index contributed by atoms with van der Waals surface area (Å²) in [6.07, 6.45) is 2.06. The van der Waals surface area contributed by atoms with Gasteiger partial charge >= 0.3 is 0 Å². The maximum atomic E-state index is 6.27. The van der Waals surface area contributed by atoms with E-state index >= 15 is 0 Å². The highest BCUT2D eigenvalue weighted by molar-refractivity contribution is 5.34. The van der Waals surface area contributed by atoms with Gasteiger partial charge in [0.1, 0.15) is 11.5 Å². The molecule has 3 rings (SSSR count). The summed E-state index contributed by atoms with van der Waals surface area (Å²) < 4.78 is 5.77. The molecule has 2 aromatic carbocycles. The highest BCUT2D eigenvalue weighted by Crippen LogP contribution is 2.36. The number of hydrogen-bond donors (Lipinski definition) is 2. The monoisotopic (exact) mass is 268 g/mol. The van der Waals surface area contributed by atoms with E-state index in [1.54, 1.807) is 0 Å². The molecule has 0 bridgehead atoms. The molecule has 3 nitrogen and oxygen atoms in total. The summed E-state index contributed by atoms with van der Waals surface area (Å²) in [5.74, 6) is 2.19. The second-order valence-electron chi connectivity index (χ2n) is 5.50. The van der Waals surface area contributed by atoms with Crippen molar-refractivity contribution in [1.82, 2.24) is 0 Å². The number of benzene rings is 2. The Bertz CT molecular complexity index is 547. The third-order valence-electron chi connectivity index (χ3n) is 3.96. The summed E-state index contributed by atoms with van der Waals surface area (Å²) in [7, 11) is 0. The van der Waals surface area contributed by atoms with Crippen molar-refractivity contribution in [2.24, 2.45) is 17.4 Å². The van der Waals surface area contributed by atoms with Gasteiger partial charge in [-0.25, -0.2) is 0 Å². The van der Waals surface area contributed by atoms with Crippen LogP contribution in [0.2, 0.25) is 0 Å². The zero-order valence-electron chi connectivity index (χ0n) is 11.4. The van der Waals surface area contributed by atoms with E-state index in [9.17, 15) is 0 Å². The molecule has 3 heteroatoms. The van der Waals surface area contributed by atoms with Crippen molar-refractivity contribution in [3.05, 3.63) is 60.2 Å². The van der Waals surface area contributed by atoms with Crippen LogP contribution >= 0.6 is 0 Å². The molecule has 1 aliphatic rings. The maximum absolute atomic E-state index is 6.27. The van der Waals surface area contributed by atoms with Gasteiger partial charge in [-0.3, -0.25) is 0 Å². The standard InChI is InChI=1S/C17H20N2O/c18-14-10-13(11-14)17(19)12-6-8-16(9-7-12)20-15-4-2-1-3-5-15/h1-9,13-14,17H,10-11,18-19H2. The van der Waals surface area contributed by atoms with Crippen molar-refractivity contribution in [3.63, 3.8) is 0 Å². The molecule has 104 valence electrons. The second kappa shape index (κ2) is 5.65. The van der Waals surface area contributed by atoms with Gasteiger partial charge in [0.05, 0.1) is 0 Å². The maximum Gasteiger partial charge on any atom is 0.127 e. The normalized spacial score (nSPS) is 22.9. The fourth-order valence-corrected chi connectivity index (χ4v) is 2.66. The van der Waals surface area contributed by atoms with Crippen LogP contribution < -0.4 is 16.2 Å². The van der Waals surface area contributed by atoms with Gasteiger partial charge in [-0.15, -0.1) is 0 Å². The van der Waals surface area contributed by atoms with Crippen molar-refractivity contribution in [2.75, 3.05) is 0 Å².